The molecule has 0 amide bonds. The average Bonchev–Trinajstić information content (AvgIpc) is 3.32. The molecule has 0 spiro atoms. The Balaban J connectivity index is 1.67. The Morgan fingerprint density at radius 1 is 1.00 bits per heavy atom. The molecule has 0 aliphatic heterocycles. The lowest BCUT2D eigenvalue weighted by Crippen LogP contribution is -2.58. The molecule has 0 bridgehead atoms. The van der Waals surface area contributed by atoms with Gasteiger partial charge in [0.15, 0.2) is 14.6 Å². The van der Waals surface area contributed by atoms with Crippen LogP contribution in [0.5, 0.6) is 0 Å². The van der Waals surface area contributed by atoms with Gasteiger partial charge in [0.2, 0.25) is 0 Å². The zero-order valence-corrected chi connectivity index (χ0v) is 28.5. The number of rotatable bonds is 9. The molecule has 4 aliphatic carbocycles. The molecular weight excluding hydrogens is 520 g/mol. The number of fused-ring (bicyclic) bond motifs is 5. The predicted molar refractivity (Wildman–Crippen MR) is 161 cm³/mol. The maximum absolute atomic E-state index is 13.0. The molecule has 40 heavy (non-hydrogen) atoms. The van der Waals surface area contributed by atoms with E-state index in [4.69, 9.17) is 18.6 Å². The summed E-state index contributed by atoms with van der Waals surface area (Å²) in [6, 6.07) is 0. The van der Waals surface area contributed by atoms with Crippen LogP contribution in [0.3, 0.4) is 0 Å². The molecule has 4 rings (SSSR count). The van der Waals surface area contributed by atoms with Crippen molar-refractivity contribution in [1.29, 1.82) is 0 Å². The number of methoxy groups -OCH3 is 3. The minimum absolute atomic E-state index is 0.0667. The van der Waals surface area contributed by atoms with Crippen molar-refractivity contribution in [1.82, 2.24) is 0 Å². The molecule has 0 radical (unpaired) electrons. The van der Waals surface area contributed by atoms with Crippen LogP contribution in [0.25, 0.3) is 0 Å². The molecule has 6 nitrogen and oxygen atoms in total. The van der Waals surface area contributed by atoms with E-state index in [-0.39, 0.29) is 33.9 Å². The summed E-state index contributed by atoms with van der Waals surface area (Å²) in [6.07, 6.45) is 8.37. The van der Waals surface area contributed by atoms with Crippen molar-refractivity contribution in [2.45, 2.75) is 135 Å². The van der Waals surface area contributed by atoms with Gasteiger partial charge in [0, 0.05) is 44.5 Å². The highest BCUT2D eigenvalue weighted by molar-refractivity contribution is 6.74. The van der Waals surface area contributed by atoms with Gasteiger partial charge in [-0.15, -0.1) is 0 Å². The van der Waals surface area contributed by atoms with Crippen LogP contribution in [0.15, 0.2) is 0 Å². The Bertz CT molecular complexity index is 913. The van der Waals surface area contributed by atoms with Crippen molar-refractivity contribution in [2.24, 2.45) is 46.3 Å². The molecule has 0 aromatic carbocycles. The van der Waals surface area contributed by atoms with Gasteiger partial charge in [-0.3, -0.25) is 4.79 Å². The molecular formula is C33H60O6Si. The fraction of sp³-hybridized carbons (Fsp3) is 0.970. The monoisotopic (exact) mass is 580 g/mol. The van der Waals surface area contributed by atoms with E-state index in [1.807, 2.05) is 0 Å². The molecule has 10 atom stereocenters. The SMILES string of the molecule is COC(=O)CC[C@@H](C)[C@H]1CC[C@H]2[C@@H]3[C@@H](C(OC)OC)[C@]4(O)C[C@@H](O[Si](C)(C)C(C)(C)C)CC[C@]4(C)[C@H]3CC[C@]12C. The zero-order chi connectivity index (χ0) is 29.9. The standard InChI is InChI=1S/C33H60O6Si/c1-21(12-15-26(34)36-7)23-13-14-24-27-25(17-18-31(23,24)5)32(6)19-16-22(39-40(10,11)30(2,3)4)20-33(32,35)28(27)29(37-8)38-9/h21-25,27-29,35H,12-20H2,1-11H3/t21-,22+,23-,24+,25+,27+,28+,31-,32-,33-/m1/s1. The van der Waals surface area contributed by atoms with Crippen molar-refractivity contribution in [3.8, 4) is 0 Å². The zero-order valence-electron chi connectivity index (χ0n) is 27.5. The summed E-state index contributed by atoms with van der Waals surface area (Å²) in [5.41, 5.74) is -0.886. The highest BCUT2D eigenvalue weighted by atomic mass is 28.4. The maximum atomic E-state index is 13.0. The van der Waals surface area contributed by atoms with E-state index in [1.54, 1.807) is 14.2 Å². The average molecular weight is 581 g/mol. The van der Waals surface area contributed by atoms with Gasteiger partial charge < -0.3 is 23.7 Å². The van der Waals surface area contributed by atoms with Crippen LogP contribution in [-0.2, 0) is 23.4 Å². The van der Waals surface area contributed by atoms with Crippen LogP contribution in [-0.4, -0.2) is 58.7 Å². The van der Waals surface area contributed by atoms with Crippen LogP contribution in [0.2, 0.25) is 18.1 Å². The number of carbonyl (C=O) groups excluding carboxylic acids is 1. The molecule has 4 saturated carbocycles. The molecule has 7 heteroatoms. The minimum atomic E-state index is -1.98. The van der Waals surface area contributed by atoms with Crippen LogP contribution >= 0.6 is 0 Å². The van der Waals surface area contributed by atoms with Crippen LogP contribution in [0.1, 0.15) is 99.3 Å². The molecule has 0 aromatic heterocycles. The number of hydrogen-bond donors (Lipinski definition) is 1. The fourth-order valence-corrected chi connectivity index (χ4v) is 11.6. The lowest BCUT2D eigenvalue weighted by Gasteiger charge is -2.54. The Morgan fingerprint density at radius 3 is 2.23 bits per heavy atom. The van der Waals surface area contributed by atoms with Crippen molar-refractivity contribution >= 4 is 14.3 Å². The fourth-order valence-electron chi connectivity index (χ4n) is 10.3. The summed E-state index contributed by atoms with van der Waals surface area (Å²) in [6.45, 7) is 18.8. The first-order chi connectivity index (χ1) is 18.5. The Hall–Kier alpha value is -0.473. The number of carbonyl (C=O) groups is 1. The number of ether oxygens (including phenoxy) is 3. The molecule has 0 saturated heterocycles. The first kappa shape index (κ1) is 32.4. The summed E-state index contributed by atoms with van der Waals surface area (Å²) >= 11 is 0. The van der Waals surface area contributed by atoms with E-state index in [9.17, 15) is 9.90 Å². The predicted octanol–water partition coefficient (Wildman–Crippen LogP) is 7.19. The first-order valence-electron chi connectivity index (χ1n) is 16.0. The number of aliphatic hydroxyl groups is 1. The van der Waals surface area contributed by atoms with E-state index in [0.717, 1.165) is 25.7 Å². The molecule has 0 aromatic rings. The molecule has 0 heterocycles. The Kier molecular flexibility index (Phi) is 9.10. The minimum Gasteiger partial charge on any atom is -0.469 e. The number of esters is 1. The van der Waals surface area contributed by atoms with Gasteiger partial charge in [-0.25, -0.2) is 0 Å². The van der Waals surface area contributed by atoms with Gasteiger partial charge in [0.25, 0.3) is 0 Å². The molecule has 0 unspecified atom stereocenters. The van der Waals surface area contributed by atoms with Gasteiger partial charge in [0.05, 0.1) is 12.7 Å². The lowest BCUT2D eigenvalue weighted by molar-refractivity contribution is -0.225. The summed E-state index contributed by atoms with van der Waals surface area (Å²) in [7, 11) is 2.98. The number of hydrogen-bond acceptors (Lipinski definition) is 6. The van der Waals surface area contributed by atoms with E-state index >= 15 is 0 Å². The van der Waals surface area contributed by atoms with Gasteiger partial charge in [-0.05, 0) is 98.1 Å². The van der Waals surface area contributed by atoms with E-state index in [1.165, 1.54) is 26.4 Å². The maximum Gasteiger partial charge on any atom is 0.305 e. The topological polar surface area (TPSA) is 74.2 Å². The van der Waals surface area contributed by atoms with Crippen molar-refractivity contribution in [2.75, 3.05) is 21.3 Å². The summed E-state index contributed by atoms with van der Waals surface area (Å²) < 4.78 is 24.0. The summed E-state index contributed by atoms with van der Waals surface area (Å²) in [4.78, 5) is 11.9. The molecule has 1 N–H and O–H groups in total. The van der Waals surface area contributed by atoms with Crippen LogP contribution in [0, 0.1) is 46.3 Å². The normalized spacial score (nSPS) is 42.3. The quantitative estimate of drug-likeness (QED) is 0.177. The second kappa shape index (κ2) is 11.2. The highest BCUT2D eigenvalue weighted by Gasteiger charge is 2.74. The second-order valence-electron chi connectivity index (χ2n) is 16.1. The first-order valence-corrected chi connectivity index (χ1v) is 18.9. The van der Waals surface area contributed by atoms with Gasteiger partial charge in [-0.1, -0.05) is 41.5 Å². The van der Waals surface area contributed by atoms with Crippen LogP contribution < -0.4 is 0 Å². The highest BCUT2D eigenvalue weighted by Crippen LogP contribution is 2.74. The van der Waals surface area contributed by atoms with E-state index in [0.29, 0.717) is 42.4 Å². The van der Waals surface area contributed by atoms with E-state index < -0.39 is 20.2 Å². The van der Waals surface area contributed by atoms with E-state index in [2.05, 4.69) is 54.6 Å². The molecule has 4 aliphatic rings. The molecule has 232 valence electrons. The Morgan fingerprint density at radius 2 is 1.65 bits per heavy atom. The summed E-state index contributed by atoms with van der Waals surface area (Å²) in [5.74, 6) is 2.16. The van der Waals surface area contributed by atoms with Gasteiger partial charge in [0.1, 0.15) is 0 Å². The van der Waals surface area contributed by atoms with Crippen LogP contribution in [0.4, 0.5) is 0 Å². The smallest absolute Gasteiger partial charge is 0.305 e. The third kappa shape index (κ3) is 5.05. The third-order valence-electron chi connectivity index (χ3n) is 13.4. The van der Waals surface area contributed by atoms with Crippen molar-refractivity contribution in [3.05, 3.63) is 0 Å². The lowest BCUT2D eigenvalue weighted by atomic mass is 9.53. The largest absolute Gasteiger partial charge is 0.469 e. The van der Waals surface area contributed by atoms with Gasteiger partial charge in [-0.2, -0.15) is 0 Å². The van der Waals surface area contributed by atoms with Crippen molar-refractivity contribution < 1.29 is 28.5 Å². The second-order valence-corrected chi connectivity index (χ2v) is 20.8. The van der Waals surface area contributed by atoms with Gasteiger partial charge >= 0.3 is 5.97 Å². The molecule has 4 fully saturated rings. The summed E-state index contributed by atoms with van der Waals surface area (Å²) in [5, 5.41) is 13.2. The van der Waals surface area contributed by atoms with Crippen molar-refractivity contribution in [3.63, 3.8) is 0 Å². The Labute approximate surface area is 245 Å². The third-order valence-corrected chi connectivity index (χ3v) is 18.0.